The molecule has 0 aliphatic heterocycles. The number of carbonyl (C=O) groups is 1. The van der Waals surface area contributed by atoms with Gasteiger partial charge in [-0.05, 0) is 13.0 Å². The molecule has 0 N–H and O–H groups in total. The van der Waals surface area contributed by atoms with Crippen molar-refractivity contribution in [2.24, 2.45) is 0 Å². The molecule has 6 heteroatoms. The zero-order valence-corrected chi connectivity index (χ0v) is 8.80. The summed E-state index contributed by atoms with van der Waals surface area (Å²) in [5.74, 6) is -6.07. The summed E-state index contributed by atoms with van der Waals surface area (Å²) in [6, 6.07) is 0.629. The number of ether oxygens (including phenoxy) is 1. The largest absolute Gasteiger partial charge is 0.872 e. The molecule has 0 spiro atoms. The number of hydrogen-bond acceptors (Lipinski definition) is 3. The number of esters is 1. The molecule has 0 aliphatic carbocycles. The van der Waals surface area contributed by atoms with E-state index >= 15 is 0 Å². The molecular weight excluding hydrogens is 237 g/mol. The Hall–Kier alpha value is -1.98. The van der Waals surface area contributed by atoms with Crippen molar-refractivity contribution in [1.82, 2.24) is 0 Å². The fraction of sp³-hybridized carbons (Fsp3) is 0.182. The summed E-state index contributed by atoms with van der Waals surface area (Å²) in [6.07, 6.45) is 0.471. The molecule has 0 aliphatic rings. The van der Waals surface area contributed by atoms with Gasteiger partial charge in [-0.1, -0.05) is 5.76 Å². The van der Waals surface area contributed by atoms with E-state index in [2.05, 4.69) is 4.74 Å². The van der Waals surface area contributed by atoms with Crippen molar-refractivity contribution >= 4 is 11.7 Å². The summed E-state index contributed by atoms with van der Waals surface area (Å²) < 4.78 is 42.9. The molecule has 0 fully saturated rings. The van der Waals surface area contributed by atoms with Crippen molar-refractivity contribution in [2.75, 3.05) is 6.61 Å². The predicted octanol–water partition coefficient (Wildman–Crippen LogP) is 1.37. The second kappa shape index (κ2) is 5.38. The molecule has 0 bridgehead atoms. The highest BCUT2D eigenvalue weighted by molar-refractivity contribution is 5.89. The maximum atomic E-state index is 13.1. The molecule has 0 radical (unpaired) electrons. The molecule has 0 unspecified atom stereocenters. The minimum Gasteiger partial charge on any atom is -0.872 e. The van der Waals surface area contributed by atoms with Crippen LogP contribution < -0.4 is 5.11 Å². The van der Waals surface area contributed by atoms with Crippen molar-refractivity contribution in [3.05, 3.63) is 41.2 Å². The van der Waals surface area contributed by atoms with Crippen LogP contribution in [0, 0.1) is 17.5 Å². The molecule has 0 aromatic heterocycles. The Kier molecular flexibility index (Phi) is 4.14. The topological polar surface area (TPSA) is 49.4 Å². The van der Waals surface area contributed by atoms with E-state index < -0.39 is 34.7 Å². The van der Waals surface area contributed by atoms with Crippen LogP contribution in [0.25, 0.3) is 5.76 Å². The van der Waals surface area contributed by atoms with Gasteiger partial charge >= 0.3 is 5.97 Å². The van der Waals surface area contributed by atoms with Crippen LogP contribution in [0.4, 0.5) is 13.2 Å². The van der Waals surface area contributed by atoms with Gasteiger partial charge in [0.2, 0.25) is 0 Å². The van der Waals surface area contributed by atoms with Crippen LogP contribution in [0.1, 0.15) is 12.5 Å². The molecule has 1 rings (SSSR count). The normalized spacial score (nSPS) is 11.4. The third kappa shape index (κ3) is 3.24. The second-order valence-corrected chi connectivity index (χ2v) is 3.01. The molecular formula is C11H8F3O3-. The Morgan fingerprint density at radius 2 is 1.88 bits per heavy atom. The third-order valence-electron chi connectivity index (χ3n) is 1.81. The highest BCUT2D eigenvalue weighted by Gasteiger charge is 2.09. The number of rotatable bonds is 3. The van der Waals surface area contributed by atoms with Crippen LogP contribution in [0.15, 0.2) is 18.2 Å². The van der Waals surface area contributed by atoms with Crippen LogP contribution >= 0.6 is 0 Å². The van der Waals surface area contributed by atoms with Gasteiger partial charge in [0, 0.05) is 17.7 Å². The molecule has 1 aromatic carbocycles. The average Bonchev–Trinajstić information content (AvgIpc) is 2.23. The van der Waals surface area contributed by atoms with Crippen LogP contribution in [0.2, 0.25) is 0 Å². The zero-order chi connectivity index (χ0) is 13.0. The van der Waals surface area contributed by atoms with E-state index in [-0.39, 0.29) is 12.7 Å². The lowest BCUT2D eigenvalue weighted by Gasteiger charge is -2.13. The zero-order valence-electron chi connectivity index (χ0n) is 8.80. The molecule has 17 heavy (non-hydrogen) atoms. The summed E-state index contributed by atoms with van der Waals surface area (Å²) >= 11 is 0. The molecule has 0 atom stereocenters. The Balaban J connectivity index is 3.08. The number of benzene rings is 1. The van der Waals surface area contributed by atoms with Gasteiger partial charge in [-0.15, -0.1) is 0 Å². The first kappa shape index (κ1) is 13.1. The second-order valence-electron chi connectivity index (χ2n) is 3.01. The molecule has 92 valence electrons. The predicted molar refractivity (Wildman–Crippen MR) is 50.9 cm³/mol. The Bertz CT molecular complexity index is 469. The maximum Gasteiger partial charge on any atom is 0.330 e. The highest BCUT2D eigenvalue weighted by atomic mass is 19.2. The summed E-state index contributed by atoms with van der Waals surface area (Å²) in [6.45, 7) is 1.57. The fourth-order valence-electron chi connectivity index (χ4n) is 1.08. The van der Waals surface area contributed by atoms with Crippen molar-refractivity contribution in [3.8, 4) is 0 Å². The Morgan fingerprint density at radius 1 is 1.29 bits per heavy atom. The molecule has 3 nitrogen and oxygen atoms in total. The summed E-state index contributed by atoms with van der Waals surface area (Å²) in [5.41, 5.74) is -0.725. The van der Waals surface area contributed by atoms with Gasteiger partial charge in [0.25, 0.3) is 0 Å². The van der Waals surface area contributed by atoms with E-state index in [1.165, 1.54) is 6.92 Å². The van der Waals surface area contributed by atoms with Crippen LogP contribution in [0.3, 0.4) is 0 Å². The van der Waals surface area contributed by atoms with Crippen molar-refractivity contribution in [2.45, 2.75) is 6.92 Å². The molecule has 0 amide bonds. The summed E-state index contributed by atoms with van der Waals surface area (Å²) in [7, 11) is 0. The highest BCUT2D eigenvalue weighted by Crippen LogP contribution is 2.18. The van der Waals surface area contributed by atoms with Crippen molar-refractivity contribution in [3.63, 3.8) is 0 Å². The molecule has 0 saturated heterocycles. The SMILES string of the molecule is CCOC(=O)/C=C(\[O-])c1cc(F)c(F)cc1F. The first-order chi connectivity index (χ1) is 7.95. The summed E-state index contributed by atoms with van der Waals surface area (Å²) in [5, 5.41) is 11.3. The minimum absolute atomic E-state index is 0.0445. The third-order valence-corrected chi connectivity index (χ3v) is 1.81. The first-order valence-electron chi connectivity index (χ1n) is 4.66. The van der Waals surface area contributed by atoms with Crippen molar-refractivity contribution < 1.29 is 27.8 Å². The first-order valence-corrected chi connectivity index (χ1v) is 4.66. The van der Waals surface area contributed by atoms with Gasteiger partial charge < -0.3 is 9.84 Å². The quantitative estimate of drug-likeness (QED) is 0.350. The van der Waals surface area contributed by atoms with E-state index in [9.17, 15) is 23.1 Å². The fourth-order valence-corrected chi connectivity index (χ4v) is 1.08. The maximum absolute atomic E-state index is 13.1. The number of hydrogen-bond donors (Lipinski definition) is 0. The lowest BCUT2D eigenvalue weighted by atomic mass is 10.1. The number of halogens is 3. The van der Waals surface area contributed by atoms with E-state index in [1.54, 1.807) is 0 Å². The monoisotopic (exact) mass is 245 g/mol. The van der Waals surface area contributed by atoms with E-state index in [0.717, 1.165) is 0 Å². The number of carbonyl (C=O) groups excluding carboxylic acids is 1. The van der Waals surface area contributed by atoms with E-state index in [1.807, 2.05) is 0 Å². The molecule has 0 saturated carbocycles. The van der Waals surface area contributed by atoms with E-state index in [0.29, 0.717) is 12.1 Å². The Morgan fingerprint density at radius 3 is 2.47 bits per heavy atom. The van der Waals surface area contributed by atoms with Gasteiger partial charge in [-0.2, -0.15) is 0 Å². The van der Waals surface area contributed by atoms with E-state index in [4.69, 9.17) is 0 Å². The van der Waals surface area contributed by atoms with Crippen LogP contribution in [-0.2, 0) is 9.53 Å². The van der Waals surface area contributed by atoms with Gasteiger partial charge in [-0.25, -0.2) is 18.0 Å². The minimum atomic E-state index is -1.41. The smallest absolute Gasteiger partial charge is 0.330 e. The molecule has 1 aromatic rings. The Labute approximate surface area is 95.1 Å². The van der Waals surface area contributed by atoms with Gasteiger partial charge in [-0.3, -0.25) is 0 Å². The van der Waals surface area contributed by atoms with Gasteiger partial charge in [0.05, 0.1) is 6.61 Å². The van der Waals surface area contributed by atoms with Gasteiger partial charge in [0.1, 0.15) is 5.82 Å². The summed E-state index contributed by atoms with van der Waals surface area (Å²) in [4.78, 5) is 10.9. The standard InChI is InChI=1S/C11H9F3O3/c1-2-17-11(16)5-10(15)6-3-8(13)9(14)4-7(6)12/h3-5,15H,2H2,1H3/p-1/b10-5-. The van der Waals surface area contributed by atoms with Crippen LogP contribution in [0.5, 0.6) is 0 Å². The van der Waals surface area contributed by atoms with Crippen LogP contribution in [-0.4, -0.2) is 12.6 Å². The lowest BCUT2D eigenvalue weighted by Crippen LogP contribution is -2.10. The van der Waals surface area contributed by atoms with Crippen molar-refractivity contribution in [1.29, 1.82) is 0 Å². The average molecular weight is 245 g/mol. The lowest BCUT2D eigenvalue weighted by molar-refractivity contribution is -0.244. The molecule has 0 heterocycles. The van der Waals surface area contributed by atoms with Gasteiger partial charge in [0.15, 0.2) is 11.6 Å².